The summed E-state index contributed by atoms with van der Waals surface area (Å²) >= 11 is 1.66. The summed E-state index contributed by atoms with van der Waals surface area (Å²) in [6.45, 7) is 10.0. The van der Waals surface area contributed by atoms with Crippen molar-refractivity contribution in [1.29, 1.82) is 0 Å². The van der Waals surface area contributed by atoms with Crippen LogP contribution in [0.3, 0.4) is 0 Å². The van der Waals surface area contributed by atoms with Gasteiger partial charge >= 0.3 is 6.09 Å². The van der Waals surface area contributed by atoms with Crippen LogP contribution in [0.25, 0.3) is 0 Å². The molecule has 132 valence electrons. The van der Waals surface area contributed by atoms with Crippen molar-refractivity contribution in [2.24, 2.45) is 0 Å². The summed E-state index contributed by atoms with van der Waals surface area (Å²) in [5.41, 5.74) is 0.333. The van der Waals surface area contributed by atoms with Crippen LogP contribution in [0.4, 0.5) is 10.5 Å². The van der Waals surface area contributed by atoms with Crippen molar-refractivity contribution in [3.8, 4) is 0 Å². The standard InChI is InChI=1S/C17H25N3O3S/c1-13(21)18-14-5-7-15(8-6-14)24-20-11-9-19(10-12-20)16(22)23-17(2,3)4/h5-8H,9-12H2,1-4H3,(H,18,21). The topological polar surface area (TPSA) is 61.9 Å². The molecule has 24 heavy (non-hydrogen) atoms. The second-order valence-electron chi connectivity index (χ2n) is 6.69. The number of nitrogens with one attached hydrogen (secondary N) is 1. The first-order valence-corrected chi connectivity index (χ1v) is 8.79. The van der Waals surface area contributed by atoms with Gasteiger partial charge in [0.1, 0.15) is 5.60 Å². The summed E-state index contributed by atoms with van der Waals surface area (Å²) < 4.78 is 7.63. The number of rotatable bonds is 3. The first-order chi connectivity index (χ1) is 11.2. The Labute approximate surface area is 147 Å². The number of ether oxygens (including phenoxy) is 1. The van der Waals surface area contributed by atoms with Gasteiger partial charge in [0.25, 0.3) is 0 Å². The minimum atomic E-state index is -0.460. The fraction of sp³-hybridized carbons (Fsp3) is 0.529. The highest BCUT2D eigenvalue weighted by molar-refractivity contribution is 7.97. The fourth-order valence-corrected chi connectivity index (χ4v) is 3.14. The van der Waals surface area contributed by atoms with E-state index in [4.69, 9.17) is 4.74 Å². The summed E-state index contributed by atoms with van der Waals surface area (Å²) in [6.07, 6.45) is -0.244. The predicted octanol–water partition coefficient (Wildman–Crippen LogP) is 3.20. The highest BCUT2D eigenvalue weighted by atomic mass is 32.2. The van der Waals surface area contributed by atoms with Crippen LogP contribution in [-0.4, -0.2) is 53.0 Å². The minimum Gasteiger partial charge on any atom is -0.444 e. The Hall–Kier alpha value is -1.73. The molecule has 1 aromatic carbocycles. The van der Waals surface area contributed by atoms with Crippen LogP contribution in [0.5, 0.6) is 0 Å². The number of hydrogen-bond donors (Lipinski definition) is 1. The Balaban J connectivity index is 1.80. The lowest BCUT2D eigenvalue weighted by atomic mass is 10.2. The maximum Gasteiger partial charge on any atom is 0.410 e. The van der Waals surface area contributed by atoms with E-state index in [1.54, 1.807) is 16.8 Å². The molecule has 6 nitrogen and oxygen atoms in total. The Kier molecular flexibility index (Phi) is 6.12. The Morgan fingerprint density at radius 1 is 1.08 bits per heavy atom. The zero-order valence-electron chi connectivity index (χ0n) is 14.7. The van der Waals surface area contributed by atoms with Crippen LogP contribution >= 0.6 is 11.9 Å². The summed E-state index contributed by atoms with van der Waals surface area (Å²) in [7, 11) is 0. The molecule has 1 fully saturated rings. The van der Waals surface area contributed by atoms with E-state index in [-0.39, 0.29) is 12.0 Å². The van der Waals surface area contributed by atoms with Gasteiger partial charge in [-0.3, -0.25) is 4.79 Å². The van der Waals surface area contributed by atoms with E-state index >= 15 is 0 Å². The Morgan fingerprint density at radius 2 is 1.67 bits per heavy atom. The zero-order valence-corrected chi connectivity index (χ0v) is 15.5. The second-order valence-corrected chi connectivity index (χ2v) is 7.86. The average molecular weight is 351 g/mol. The quantitative estimate of drug-likeness (QED) is 0.848. The largest absolute Gasteiger partial charge is 0.444 e. The van der Waals surface area contributed by atoms with Crippen LogP contribution in [0.15, 0.2) is 29.2 Å². The molecule has 0 spiro atoms. The molecular weight excluding hydrogens is 326 g/mol. The molecule has 0 bridgehead atoms. The van der Waals surface area contributed by atoms with Crippen LogP contribution in [0.1, 0.15) is 27.7 Å². The third-order valence-corrected chi connectivity index (χ3v) is 4.41. The van der Waals surface area contributed by atoms with Crippen molar-refractivity contribution in [2.75, 3.05) is 31.5 Å². The number of piperazine rings is 1. The molecule has 0 saturated carbocycles. The van der Waals surface area contributed by atoms with E-state index in [0.717, 1.165) is 23.7 Å². The summed E-state index contributed by atoms with van der Waals surface area (Å²) in [5.74, 6) is -0.0753. The molecule has 0 aliphatic carbocycles. The molecule has 0 unspecified atom stereocenters. The minimum absolute atomic E-state index is 0.0753. The number of benzene rings is 1. The smallest absolute Gasteiger partial charge is 0.410 e. The Bertz CT molecular complexity index is 576. The van der Waals surface area contributed by atoms with Gasteiger partial charge in [-0.25, -0.2) is 9.10 Å². The van der Waals surface area contributed by atoms with Crippen molar-refractivity contribution in [3.05, 3.63) is 24.3 Å². The van der Waals surface area contributed by atoms with Gasteiger partial charge in [0, 0.05) is 43.7 Å². The monoisotopic (exact) mass is 351 g/mol. The van der Waals surface area contributed by atoms with Gasteiger partial charge in [0.2, 0.25) is 5.91 Å². The van der Waals surface area contributed by atoms with Crippen LogP contribution < -0.4 is 5.32 Å². The van der Waals surface area contributed by atoms with Gasteiger partial charge in [-0.15, -0.1) is 0 Å². The van der Waals surface area contributed by atoms with Gasteiger partial charge in [-0.2, -0.15) is 0 Å². The van der Waals surface area contributed by atoms with E-state index in [0.29, 0.717) is 13.1 Å². The van der Waals surface area contributed by atoms with Gasteiger partial charge < -0.3 is 15.0 Å². The number of carbonyl (C=O) groups excluding carboxylic acids is 2. The van der Waals surface area contributed by atoms with Gasteiger partial charge in [0.05, 0.1) is 0 Å². The maximum absolute atomic E-state index is 12.0. The van der Waals surface area contributed by atoms with Gasteiger partial charge in [0.15, 0.2) is 0 Å². The number of hydrogen-bond acceptors (Lipinski definition) is 5. The van der Waals surface area contributed by atoms with Crippen LogP contribution in [0, 0.1) is 0 Å². The van der Waals surface area contributed by atoms with Crippen molar-refractivity contribution >= 4 is 29.6 Å². The molecule has 2 rings (SSSR count). The highest BCUT2D eigenvalue weighted by Crippen LogP contribution is 2.25. The lowest BCUT2D eigenvalue weighted by molar-refractivity contribution is -0.114. The van der Waals surface area contributed by atoms with Crippen LogP contribution in [-0.2, 0) is 9.53 Å². The third kappa shape index (κ3) is 6.05. The van der Waals surface area contributed by atoms with Gasteiger partial charge in [-0.05, 0) is 57.0 Å². The normalized spacial score (nSPS) is 15.9. The number of carbonyl (C=O) groups is 2. The van der Waals surface area contributed by atoms with E-state index in [2.05, 4.69) is 9.62 Å². The van der Waals surface area contributed by atoms with E-state index in [9.17, 15) is 9.59 Å². The Morgan fingerprint density at radius 3 is 2.17 bits per heavy atom. The zero-order chi connectivity index (χ0) is 17.7. The molecule has 1 N–H and O–H groups in total. The summed E-state index contributed by atoms with van der Waals surface area (Å²) in [4.78, 5) is 25.9. The summed E-state index contributed by atoms with van der Waals surface area (Å²) in [5, 5.41) is 2.75. The molecule has 7 heteroatoms. The molecular formula is C17H25N3O3S. The highest BCUT2D eigenvalue weighted by Gasteiger charge is 2.26. The van der Waals surface area contributed by atoms with Gasteiger partial charge in [-0.1, -0.05) is 0 Å². The van der Waals surface area contributed by atoms with E-state index in [1.165, 1.54) is 6.92 Å². The average Bonchev–Trinajstić information content (AvgIpc) is 2.48. The SMILES string of the molecule is CC(=O)Nc1ccc(SN2CCN(C(=O)OC(C)(C)C)CC2)cc1. The molecule has 1 heterocycles. The fourth-order valence-electron chi connectivity index (χ4n) is 2.24. The van der Waals surface area contributed by atoms with Crippen molar-refractivity contribution in [2.45, 2.75) is 38.2 Å². The third-order valence-electron chi connectivity index (χ3n) is 3.30. The number of amides is 2. The van der Waals surface area contributed by atoms with Crippen molar-refractivity contribution in [3.63, 3.8) is 0 Å². The van der Waals surface area contributed by atoms with Crippen molar-refractivity contribution < 1.29 is 14.3 Å². The summed E-state index contributed by atoms with van der Waals surface area (Å²) in [6, 6.07) is 7.74. The van der Waals surface area contributed by atoms with Crippen molar-refractivity contribution in [1.82, 2.24) is 9.21 Å². The first-order valence-electron chi connectivity index (χ1n) is 8.01. The first kappa shape index (κ1) is 18.6. The van der Waals surface area contributed by atoms with E-state index < -0.39 is 5.60 Å². The lowest BCUT2D eigenvalue weighted by Gasteiger charge is -2.34. The number of anilines is 1. The molecule has 1 saturated heterocycles. The maximum atomic E-state index is 12.0. The molecule has 2 amide bonds. The lowest BCUT2D eigenvalue weighted by Crippen LogP contribution is -2.47. The van der Waals surface area contributed by atoms with Crippen LogP contribution in [0.2, 0.25) is 0 Å². The molecule has 1 aromatic rings. The molecule has 1 aliphatic heterocycles. The molecule has 0 aromatic heterocycles. The molecule has 0 radical (unpaired) electrons. The second kappa shape index (κ2) is 7.90. The van der Waals surface area contributed by atoms with E-state index in [1.807, 2.05) is 45.0 Å². The molecule has 0 atom stereocenters. The predicted molar refractivity (Wildman–Crippen MR) is 96.0 cm³/mol. The molecule has 1 aliphatic rings. The number of nitrogens with zero attached hydrogens (tertiary/aromatic N) is 2.